The number of carbonyl (C=O) groups excluding carboxylic acids is 1. The number of rotatable bonds is 3. The Hall–Kier alpha value is -3.49. The van der Waals surface area contributed by atoms with Crippen molar-refractivity contribution < 1.29 is 13.9 Å². The van der Waals surface area contributed by atoms with Gasteiger partial charge in [-0.1, -0.05) is 18.2 Å². The van der Waals surface area contributed by atoms with E-state index in [-0.39, 0.29) is 18.9 Å². The van der Waals surface area contributed by atoms with Gasteiger partial charge in [0.1, 0.15) is 17.1 Å². The van der Waals surface area contributed by atoms with E-state index in [2.05, 4.69) is 15.1 Å². The number of anilines is 1. The highest BCUT2D eigenvalue weighted by Crippen LogP contribution is 2.35. The lowest BCUT2D eigenvalue weighted by molar-refractivity contribution is -0.0577. The van der Waals surface area contributed by atoms with Gasteiger partial charge in [0.2, 0.25) is 5.67 Å². The van der Waals surface area contributed by atoms with E-state index < -0.39 is 17.4 Å². The predicted molar refractivity (Wildman–Crippen MR) is 114 cm³/mol. The highest BCUT2D eigenvalue weighted by atomic mass is 19.1. The van der Waals surface area contributed by atoms with E-state index in [0.29, 0.717) is 17.1 Å². The predicted octanol–water partition coefficient (Wildman–Crippen LogP) is 3.64. The average molecular weight is 424 g/mol. The molecule has 1 aromatic carbocycles. The molecule has 31 heavy (non-hydrogen) atoms. The molecule has 0 spiro atoms. The van der Waals surface area contributed by atoms with Crippen LogP contribution in [0.5, 0.6) is 0 Å². The van der Waals surface area contributed by atoms with Crippen molar-refractivity contribution >= 4 is 11.9 Å². The van der Waals surface area contributed by atoms with Crippen molar-refractivity contribution in [2.45, 2.75) is 39.0 Å². The van der Waals surface area contributed by atoms with Gasteiger partial charge < -0.3 is 15.4 Å². The fourth-order valence-corrected chi connectivity index (χ4v) is 3.39. The number of likely N-dealkylation sites (tertiary alicyclic amines) is 1. The molecule has 0 saturated carbocycles. The summed E-state index contributed by atoms with van der Waals surface area (Å²) in [5.41, 5.74) is 6.70. The van der Waals surface area contributed by atoms with Crippen LogP contribution in [0.25, 0.3) is 16.9 Å². The van der Waals surface area contributed by atoms with Gasteiger partial charge in [-0.05, 0) is 39.8 Å². The Morgan fingerprint density at radius 3 is 2.35 bits per heavy atom. The SMILES string of the molecule is Cc1c(-c2cnc(C3(F)CN(C(=O)OC(C)(C)C)C3)nc2)nn(-c2ccccc2)c1N. The minimum Gasteiger partial charge on any atom is -0.444 e. The van der Waals surface area contributed by atoms with Crippen molar-refractivity contribution in [3.05, 3.63) is 54.1 Å². The Labute approximate surface area is 179 Å². The number of hydrogen-bond donors (Lipinski definition) is 1. The van der Waals surface area contributed by atoms with E-state index in [0.717, 1.165) is 11.3 Å². The number of ether oxygens (including phenoxy) is 1. The van der Waals surface area contributed by atoms with Crippen LogP contribution in [0.1, 0.15) is 32.2 Å². The monoisotopic (exact) mass is 424 g/mol. The van der Waals surface area contributed by atoms with Crippen LogP contribution in [0.4, 0.5) is 15.0 Å². The Morgan fingerprint density at radius 1 is 1.16 bits per heavy atom. The lowest BCUT2D eigenvalue weighted by Gasteiger charge is -2.43. The van der Waals surface area contributed by atoms with Crippen molar-refractivity contribution in [3.8, 4) is 16.9 Å². The summed E-state index contributed by atoms with van der Waals surface area (Å²) in [7, 11) is 0. The van der Waals surface area contributed by atoms with Crippen LogP contribution >= 0.6 is 0 Å². The number of halogens is 1. The van der Waals surface area contributed by atoms with Crippen LogP contribution < -0.4 is 5.73 Å². The van der Waals surface area contributed by atoms with Crippen LogP contribution in [-0.4, -0.2) is 49.4 Å². The molecular weight excluding hydrogens is 399 g/mol. The fourth-order valence-electron chi connectivity index (χ4n) is 3.39. The van der Waals surface area contributed by atoms with Gasteiger partial charge in [-0.15, -0.1) is 0 Å². The van der Waals surface area contributed by atoms with Crippen molar-refractivity contribution in [2.75, 3.05) is 18.8 Å². The molecule has 4 rings (SSSR count). The number of carbonyl (C=O) groups is 1. The van der Waals surface area contributed by atoms with Gasteiger partial charge in [-0.25, -0.2) is 23.8 Å². The number of nitrogen functional groups attached to an aromatic ring is 1. The van der Waals surface area contributed by atoms with Gasteiger partial charge in [-0.2, -0.15) is 5.10 Å². The number of alkyl halides is 1. The summed E-state index contributed by atoms with van der Waals surface area (Å²) in [5.74, 6) is 0.545. The summed E-state index contributed by atoms with van der Waals surface area (Å²) >= 11 is 0. The maximum Gasteiger partial charge on any atom is 0.410 e. The van der Waals surface area contributed by atoms with E-state index in [1.807, 2.05) is 37.3 Å². The maximum absolute atomic E-state index is 15.2. The molecule has 2 N–H and O–H groups in total. The molecule has 162 valence electrons. The molecule has 1 aliphatic heterocycles. The number of aromatic nitrogens is 4. The molecule has 1 saturated heterocycles. The lowest BCUT2D eigenvalue weighted by atomic mass is 9.95. The first-order valence-corrected chi connectivity index (χ1v) is 9.98. The molecule has 0 radical (unpaired) electrons. The Kier molecular flexibility index (Phi) is 4.91. The second kappa shape index (κ2) is 7.33. The van der Waals surface area contributed by atoms with Crippen molar-refractivity contribution in [2.24, 2.45) is 0 Å². The second-order valence-electron chi connectivity index (χ2n) is 8.70. The summed E-state index contributed by atoms with van der Waals surface area (Å²) in [6.07, 6.45) is 2.52. The molecule has 0 aliphatic carbocycles. The number of benzene rings is 1. The standard InChI is InChI=1S/C22H25FN6O2/c1-14-17(27-29(18(14)24)16-8-6-5-7-9-16)15-10-25-19(26-11-15)22(23)12-28(13-22)20(30)31-21(2,3)4/h5-11H,12-13,24H2,1-4H3. The quantitative estimate of drug-likeness (QED) is 0.689. The van der Waals surface area contributed by atoms with Gasteiger partial charge in [0, 0.05) is 23.5 Å². The summed E-state index contributed by atoms with van der Waals surface area (Å²) < 4.78 is 22.1. The van der Waals surface area contributed by atoms with Gasteiger partial charge >= 0.3 is 6.09 Å². The number of para-hydroxylation sites is 1. The Balaban J connectivity index is 1.52. The van der Waals surface area contributed by atoms with Gasteiger partial charge in [0.05, 0.1) is 18.8 Å². The van der Waals surface area contributed by atoms with E-state index in [1.54, 1.807) is 25.5 Å². The molecule has 0 bridgehead atoms. The smallest absolute Gasteiger partial charge is 0.410 e. The topological polar surface area (TPSA) is 99.2 Å². The lowest BCUT2D eigenvalue weighted by Crippen LogP contribution is -2.60. The van der Waals surface area contributed by atoms with E-state index in [4.69, 9.17) is 10.5 Å². The summed E-state index contributed by atoms with van der Waals surface area (Å²) in [6.45, 7) is 6.88. The molecule has 1 amide bonds. The van der Waals surface area contributed by atoms with Crippen molar-refractivity contribution in [3.63, 3.8) is 0 Å². The average Bonchev–Trinajstić information content (AvgIpc) is 3.00. The second-order valence-corrected chi connectivity index (χ2v) is 8.70. The molecule has 3 heterocycles. The molecule has 3 aromatic rings. The molecule has 1 fully saturated rings. The molecule has 9 heteroatoms. The number of nitrogens with two attached hydrogens (primary N) is 1. The first-order valence-electron chi connectivity index (χ1n) is 9.98. The highest BCUT2D eigenvalue weighted by Gasteiger charge is 2.50. The number of hydrogen-bond acceptors (Lipinski definition) is 6. The van der Waals surface area contributed by atoms with Crippen LogP contribution in [0, 0.1) is 6.92 Å². The van der Waals surface area contributed by atoms with Crippen molar-refractivity contribution in [1.29, 1.82) is 0 Å². The first-order chi connectivity index (χ1) is 14.6. The van der Waals surface area contributed by atoms with Gasteiger partial charge in [-0.3, -0.25) is 0 Å². The molecule has 0 unspecified atom stereocenters. The normalized spacial score (nSPS) is 15.5. The van der Waals surface area contributed by atoms with E-state index >= 15 is 4.39 Å². The van der Waals surface area contributed by atoms with Crippen LogP contribution in [-0.2, 0) is 10.4 Å². The minimum absolute atomic E-state index is 0.0316. The third kappa shape index (κ3) is 3.95. The fraction of sp³-hybridized carbons (Fsp3) is 0.364. The first kappa shape index (κ1) is 20.8. The Morgan fingerprint density at radius 2 is 1.77 bits per heavy atom. The zero-order valence-corrected chi connectivity index (χ0v) is 18.0. The van der Waals surface area contributed by atoms with Crippen LogP contribution in [0.15, 0.2) is 42.7 Å². The zero-order chi connectivity index (χ0) is 22.4. The van der Waals surface area contributed by atoms with Gasteiger partial charge in [0.15, 0.2) is 5.82 Å². The highest BCUT2D eigenvalue weighted by molar-refractivity contribution is 5.70. The third-order valence-electron chi connectivity index (χ3n) is 5.03. The minimum atomic E-state index is -1.80. The van der Waals surface area contributed by atoms with Crippen molar-refractivity contribution in [1.82, 2.24) is 24.6 Å². The molecule has 8 nitrogen and oxygen atoms in total. The molecule has 1 aliphatic rings. The summed E-state index contributed by atoms with van der Waals surface area (Å²) in [6, 6.07) is 9.55. The number of nitrogens with zero attached hydrogens (tertiary/aromatic N) is 5. The summed E-state index contributed by atoms with van der Waals surface area (Å²) in [4.78, 5) is 21.8. The largest absolute Gasteiger partial charge is 0.444 e. The number of amides is 1. The molecular formula is C22H25FN6O2. The summed E-state index contributed by atoms with van der Waals surface area (Å²) in [5, 5.41) is 4.59. The Bertz CT molecular complexity index is 1100. The van der Waals surface area contributed by atoms with Gasteiger partial charge in [0.25, 0.3) is 0 Å². The molecule has 0 atom stereocenters. The third-order valence-corrected chi connectivity index (χ3v) is 5.03. The van der Waals surface area contributed by atoms with E-state index in [9.17, 15) is 4.79 Å². The maximum atomic E-state index is 15.2. The van der Waals surface area contributed by atoms with Crippen LogP contribution in [0.2, 0.25) is 0 Å². The molecule has 2 aromatic heterocycles. The van der Waals surface area contributed by atoms with E-state index in [1.165, 1.54) is 17.3 Å². The zero-order valence-electron chi connectivity index (χ0n) is 18.0. The van der Waals surface area contributed by atoms with Crippen LogP contribution in [0.3, 0.4) is 0 Å².